The molecule has 0 aliphatic rings. The van der Waals surface area contributed by atoms with Crippen molar-refractivity contribution < 1.29 is 22.7 Å². The lowest BCUT2D eigenvalue weighted by atomic mass is 10.3. The lowest BCUT2D eigenvalue weighted by Gasteiger charge is -2.11. The van der Waals surface area contributed by atoms with E-state index in [0.717, 1.165) is 0 Å². The second kappa shape index (κ2) is 8.49. The van der Waals surface area contributed by atoms with Gasteiger partial charge in [0, 0.05) is 21.4 Å². The molecule has 0 saturated heterocycles. The van der Waals surface area contributed by atoms with Crippen molar-refractivity contribution in [2.75, 3.05) is 10.0 Å². The van der Waals surface area contributed by atoms with E-state index in [0.29, 0.717) is 26.7 Å². The fourth-order valence-corrected chi connectivity index (χ4v) is 4.79. The highest BCUT2D eigenvalue weighted by Gasteiger charge is 2.21. The Morgan fingerprint density at radius 1 is 1.19 bits per heavy atom. The third-order valence-electron chi connectivity index (χ3n) is 3.98. The summed E-state index contributed by atoms with van der Waals surface area (Å²) in [6.45, 7) is 0. The molecule has 0 spiro atoms. The van der Waals surface area contributed by atoms with Crippen molar-refractivity contribution in [1.29, 1.82) is 0 Å². The molecule has 4 N–H and O–H groups in total. The Morgan fingerprint density at radius 3 is 2.77 bits per heavy atom. The molecule has 0 unspecified atom stereocenters. The van der Waals surface area contributed by atoms with Crippen LogP contribution in [0.5, 0.6) is 0 Å². The van der Waals surface area contributed by atoms with E-state index in [1.807, 2.05) is 0 Å². The van der Waals surface area contributed by atoms with Crippen molar-refractivity contribution in [2.24, 2.45) is 0 Å². The van der Waals surface area contributed by atoms with Crippen LogP contribution in [0.4, 0.5) is 16.4 Å². The maximum Gasteiger partial charge on any atom is 0.411 e. The number of thioether (sulfide) groups is 1. The van der Waals surface area contributed by atoms with Gasteiger partial charge in [0.2, 0.25) is 11.0 Å². The number of benzene rings is 2. The van der Waals surface area contributed by atoms with Gasteiger partial charge in [0.05, 0.1) is 11.4 Å². The number of sulfonamides is 1. The molecule has 13 heteroatoms. The second-order valence-electron chi connectivity index (χ2n) is 6.19. The molecule has 0 radical (unpaired) electrons. The molecule has 4 aromatic rings. The topological polar surface area (TPSA) is 150 Å². The number of carboxylic acid groups (broad SMARTS) is 1. The van der Waals surface area contributed by atoms with Crippen LogP contribution in [0.1, 0.15) is 5.82 Å². The highest BCUT2D eigenvalue weighted by Crippen LogP contribution is 2.34. The Morgan fingerprint density at radius 2 is 2.00 bits per heavy atom. The largest absolute Gasteiger partial charge is 0.465 e. The number of amides is 1. The summed E-state index contributed by atoms with van der Waals surface area (Å²) in [4.78, 5) is 13.9. The minimum absolute atomic E-state index is 0.00924. The van der Waals surface area contributed by atoms with Gasteiger partial charge in [-0.05, 0) is 24.3 Å². The zero-order valence-electron chi connectivity index (χ0n) is 15.5. The monoisotopic (exact) mass is 479 g/mol. The third kappa shape index (κ3) is 4.93. The molecule has 0 aliphatic heterocycles. The normalized spacial score (nSPS) is 11.5. The van der Waals surface area contributed by atoms with Gasteiger partial charge in [-0.1, -0.05) is 29.8 Å². The van der Waals surface area contributed by atoms with Crippen molar-refractivity contribution in [2.45, 2.75) is 15.7 Å². The predicted octanol–water partition coefficient (Wildman–Crippen LogP) is 4.39. The van der Waals surface area contributed by atoms with Gasteiger partial charge in [0.1, 0.15) is 11.4 Å². The quantitative estimate of drug-likeness (QED) is 0.285. The van der Waals surface area contributed by atoms with Crippen LogP contribution in [-0.2, 0) is 15.8 Å². The number of halogens is 1. The Labute approximate surface area is 185 Å². The van der Waals surface area contributed by atoms with Crippen LogP contribution >= 0.6 is 23.4 Å². The molecule has 0 atom stereocenters. The van der Waals surface area contributed by atoms with Crippen LogP contribution in [0.15, 0.2) is 62.9 Å². The van der Waals surface area contributed by atoms with Crippen LogP contribution in [0.3, 0.4) is 0 Å². The molecule has 31 heavy (non-hydrogen) atoms. The van der Waals surface area contributed by atoms with Gasteiger partial charge in [-0.2, -0.15) is 8.42 Å². The number of nitrogens with zero attached hydrogens (tertiary/aromatic N) is 2. The zero-order chi connectivity index (χ0) is 22.0. The highest BCUT2D eigenvalue weighted by molar-refractivity contribution is 7.98. The number of hydrogen-bond acceptors (Lipinski definition) is 7. The van der Waals surface area contributed by atoms with Gasteiger partial charge >= 0.3 is 6.09 Å². The summed E-state index contributed by atoms with van der Waals surface area (Å²) in [6, 6.07) is 13.2. The maximum absolute atomic E-state index is 12.9. The van der Waals surface area contributed by atoms with Crippen LogP contribution in [0.2, 0.25) is 5.02 Å². The molecular weight excluding hydrogens is 466 g/mol. The van der Waals surface area contributed by atoms with Crippen molar-refractivity contribution in [1.82, 2.24) is 15.2 Å². The first-order valence-corrected chi connectivity index (χ1v) is 11.5. The Balaban J connectivity index is 1.55. The van der Waals surface area contributed by atoms with Crippen LogP contribution < -0.4 is 10.0 Å². The second-order valence-corrected chi connectivity index (χ2v) is 9.26. The molecule has 10 nitrogen and oxygen atoms in total. The maximum atomic E-state index is 12.9. The Hall–Kier alpha value is -3.22. The van der Waals surface area contributed by atoms with Crippen LogP contribution in [-0.4, -0.2) is 34.8 Å². The molecule has 0 fully saturated rings. The van der Waals surface area contributed by atoms with E-state index < -0.39 is 16.1 Å². The summed E-state index contributed by atoms with van der Waals surface area (Å²) >= 11 is 7.32. The van der Waals surface area contributed by atoms with Crippen LogP contribution in [0.25, 0.3) is 11.0 Å². The van der Waals surface area contributed by atoms with Crippen molar-refractivity contribution in [3.05, 3.63) is 59.4 Å². The molecule has 160 valence electrons. The van der Waals surface area contributed by atoms with Crippen LogP contribution in [0, 0.1) is 0 Å². The van der Waals surface area contributed by atoms with E-state index in [1.165, 1.54) is 23.9 Å². The number of aromatic amines is 1. The minimum Gasteiger partial charge on any atom is -0.465 e. The van der Waals surface area contributed by atoms with E-state index in [9.17, 15) is 13.2 Å². The standard InChI is InChI=1S/C18H14ClN5O5S2/c19-11-5-6-14(30-9-15-20-17(23-22-15)21-18(25)26)12(8-11)24-31(27,28)16-7-10-3-1-2-4-13(10)29-16/h1-8,24H,9H2,(H,25,26)(H2,20,21,22,23). The van der Waals surface area contributed by atoms with Gasteiger partial charge in [-0.15, -0.1) is 22.0 Å². The number of H-pyrrole nitrogens is 1. The summed E-state index contributed by atoms with van der Waals surface area (Å²) in [7, 11) is -4.01. The number of anilines is 2. The number of carbonyl (C=O) groups is 1. The zero-order valence-corrected chi connectivity index (χ0v) is 17.9. The summed E-state index contributed by atoms with van der Waals surface area (Å²) in [5.74, 6) is 0.662. The first kappa shape index (κ1) is 21.0. The fourth-order valence-electron chi connectivity index (χ4n) is 2.66. The van der Waals surface area contributed by atoms with Crippen molar-refractivity contribution in [3.8, 4) is 0 Å². The average molecular weight is 480 g/mol. The number of hydrogen-bond donors (Lipinski definition) is 4. The molecule has 4 rings (SSSR count). The van der Waals surface area contributed by atoms with E-state index >= 15 is 0 Å². The lowest BCUT2D eigenvalue weighted by Crippen LogP contribution is -2.12. The van der Waals surface area contributed by atoms with Crippen molar-refractivity contribution in [3.63, 3.8) is 0 Å². The van der Waals surface area contributed by atoms with Gasteiger partial charge in [-0.3, -0.25) is 10.0 Å². The first-order chi connectivity index (χ1) is 14.8. The lowest BCUT2D eigenvalue weighted by molar-refractivity contribution is 0.209. The minimum atomic E-state index is -4.01. The van der Waals surface area contributed by atoms with Gasteiger partial charge in [-0.25, -0.2) is 4.79 Å². The summed E-state index contributed by atoms with van der Waals surface area (Å²) in [6.07, 6.45) is -1.27. The van der Waals surface area contributed by atoms with Gasteiger partial charge < -0.3 is 14.5 Å². The molecule has 0 bridgehead atoms. The number of para-hydroxylation sites is 1. The molecular formula is C18H14ClN5O5S2. The predicted molar refractivity (Wildman–Crippen MR) is 116 cm³/mol. The molecule has 2 aromatic heterocycles. The number of fused-ring (bicyclic) bond motifs is 1. The Bertz CT molecular complexity index is 1340. The SMILES string of the molecule is O=C(O)Nc1nnc(CSc2ccc(Cl)cc2NS(=O)(=O)c2cc3ccccc3o2)[nH]1. The number of aromatic nitrogens is 3. The molecule has 0 saturated carbocycles. The number of nitrogens with one attached hydrogen (secondary N) is 3. The van der Waals surface area contributed by atoms with E-state index in [1.54, 1.807) is 36.4 Å². The Kier molecular flexibility index (Phi) is 5.76. The number of furan rings is 1. The van der Waals surface area contributed by atoms with Gasteiger partial charge in [0.25, 0.3) is 10.0 Å². The molecule has 2 aromatic carbocycles. The molecule has 2 heterocycles. The van der Waals surface area contributed by atoms with Crippen molar-refractivity contribution >= 4 is 62.1 Å². The first-order valence-electron chi connectivity index (χ1n) is 8.65. The summed E-state index contributed by atoms with van der Waals surface area (Å²) in [5.41, 5.74) is 0.723. The fraction of sp³-hybridized carbons (Fsp3) is 0.0556. The third-order valence-corrected chi connectivity index (χ3v) is 6.52. The summed E-state index contributed by atoms with van der Waals surface area (Å²) in [5, 5.41) is 19.1. The molecule has 1 amide bonds. The van der Waals surface area contributed by atoms with E-state index in [2.05, 4.69) is 25.2 Å². The molecule has 0 aliphatic carbocycles. The summed E-state index contributed by atoms with van der Waals surface area (Å²) < 4.78 is 33.7. The van der Waals surface area contributed by atoms with E-state index in [4.69, 9.17) is 21.1 Å². The van der Waals surface area contributed by atoms with Gasteiger partial charge in [0.15, 0.2) is 0 Å². The van der Waals surface area contributed by atoms with E-state index in [-0.39, 0.29) is 22.5 Å². The number of rotatable bonds is 7. The highest BCUT2D eigenvalue weighted by atomic mass is 35.5. The smallest absolute Gasteiger partial charge is 0.411 e. The average Bonchev–Trinajstić information content (AvgIpc) is 3.33.